The average molecular weight is 241 g/mol. The van der Waals surface area contributed by atoms with E-state index in [0.29, 0.717) is 19.5 Å². The molecule has 0 saturated carbocycles. The minimum Gasteiger partial charge on any atom is -0.468 e. The lowest BCUT2D eigenvalue weighted by Gasteiger charge is -2.21. The summed E-state index contributed by atoms with van der Waals surface area (Å²) >= 11 is 1.63. The summed E-state index contributed by atoms with van der Waals surface area (Å²) < 4.78 is 4.74. The van der Waals surface area contributed by atoms with Crippen LogP contribution in [0.15, 0.2) is 16.8 Å². The Hall–Kier alpha value is -0.910. The standard InChI is InChI=1S/C11H15NO3S/c1-15-11(14)10-4-9(13)6-12(10)5-8-2-3-16-7-8/h2-3,7,9-10,13H,4-6H2,1H3/t9-,10-/m0/s1. The molecule has 1 aromatic rings. The third-order valence-electron chi connectivity index (χ3n) is 2.82. The van der Waals surface area contributed by atoms with Crippen LogP contribution in [-0.2, 0) is 16.1 Å². The fraction of sp³-hybridized carbons (Fsp3) is 0.545. The number of hydrogen-bond donors (Lipinski definition) is 1. The lowest BCUT2D eigenvalue weighted by molar-refractivity contribution is -0.146. The predicted molar refractivity (Wildman–Crippen MR) is 61.2 cm³/mol. The van der Waals surface area contributed by atoms with E-state index in [9.17, 15) is 9.90 Å². The van der Waals surface area contributed by atoms with Crippen molar-refractivity contribution < 1.29 is 14.6 Å². The Morgan fingerprint density at radius 1 is 1.75 bits per heavy atom. The summed E-state index contributed by atoms with van der Waals surface area (Å²) in [5, 5.41) is 13.7. The number of ether oxygens (including phenoxy) is 1. The van der Waals surface area contributed by atoms with Crippen molar-refractivity contribution in [3.63, 3.8) is 0 Å². The molecule has 0 radical (unpaired) electrons. The maximum Gasteiger partial charge on any atom is 0.323 e. The first kappa shape index (κ1) is 11.6. The van der Waals surface area contributed by atoms with Crippen LogP contribution in [0.3, 0.4) is 0 Å². The van der Waals surface area contributed by atoms with Crippen molar-refractivity contribution in [2.24, 2.45) is 0 Å². The largest absolute Gasteiger partial charge is 0.468 e. The van der Waals surface area contributed by atoms with Gasteiger partial charge in [0, 0.05) is 19.5 Å². The number of β-amino-alcohol motifs (C(OH)–C–C–N with tert-alkyl or cyclic N) is 1. The number of rotatable bonds is 3. The summed E-state index contributed by atoms with van der Waals surface area (Å²) in [4.78, 5) is 13.5. The van der Waals surface area contributed by atoms with Gasteiger partial charge in [-0.3, -0.25) is 9.69 Å². The number of hydrogen-bond acceptors (Lipinski definition) is 5. The smallest absolute Gasteiger partial charge is 0.323 e. The molecular weight excluding hydrogens is 226 g/mol. The van der Waals surface area contributed by atoms with Crippen LogP contribution in [0.2, 0.25) is 0 Å². The highest BCUT2D eigenvalue weighted by molar-refractivity contribution is 7.07. The fourth-order valence-electron chi connectivity index (χ4n) is 2.05. The molecule has 4 nitrogen and oxygen atoms in total. The lowest BCUT2D eigenvalue weighted by atomic mass is 10.2. The van der Waals surface area contributed by atoms with Crippen molar-refractivity contribution >= 4 is 17.3 Å². The van der Waals surface area contributed by atoms with Gasteiger partial charge in [0.05, 0.1) is 13.2 Å². The van der Waals surface area contributed by atoms with E-state index >= 15 is 0 Å². The summed E-state index contributed by atoms with van der Waals surface area (Å²) in [6.07, 6.45) is 0.0410. The Morgan fingerprint density at radius 2 is 2.56 bits per heavy atom. The second kappa shape index (κ2) is 4.95. The van der Waals surface area contributed by atoms with Gasteiger partial charge in [0.15, 0.2) is 0 Å². The van der Waals surface area contributed by atoms with Gasteiger partial charge in [-0.05, 0) is 22.4 Å². The van der Waals surface area contributed by atoms with E-state index in [0.717, 1.165) is 0 Å². The highest BCUT2D eigenvalue weighted by Gasteiger charge is 2.36. The third-order valence-corrected chi connectivity index (χ3v) is 3.55. The first-order chi connectivity index (χ1) is 7.70. The van der Waals surface area contributed by atoms with Crippen LogP contribution in [0, 0.1) is 0 Å². The van der Waals surface area contributed by atoms with Crippen molar-refractivity contribution in [1.29, 1.82) is 0 Å². The summed E-state index contributed by atoms with van der Waals surface area (Å²) in [5.74, 6) is -0.258. The second-order valence-electron chi connectivity index (χ2n) is 3.99. The molecule has 0 amide bonds. The van der Waals surface area contributed by atoms with Crippen LogP contribution in [0.4, 0.5) is 0 Å². The van der Waals surface area contributed by atoms with E-state index in [1.165, 1.54) is 12.7 Å². The van der Waals surface area contributed by atoms with Crippen molar-refractivity contribution in [3.8, 4) is 0 Å². The van der Waals surface area contributed by atoms with E-state index in [2.05, 4.69) is 5.38 Å². The van der Waals surface area contributed by atoms with E-state index in [-0.39, 0.29) is 12.0 Å². The number of esters is 1. The Labute approximate surface area is 98.4 Å². The minimum absolute atomic E-state index is 0.258. The molecule has 88 valence electrons. The zero-order valence-corrected chi connectivity index (χ0v) is 9.94. The van der Waals surface area contributed by atoms with Crippen LogP contribution in [0.1, 0.15) is 12.0 Å². The van der Waals surface area contributed by atoms with E-state index in [1.807, 2.05) is 16.3 Å². The monoisotopic (exact) mass is 241 g/mol. The van der Waals surface area contributed by atoms with Crippen molar-refractivity contribution in [3.05, 3.63) is 22.4 Å². The van der Waals surface area contributed by atoms with E-state index in [1.54, 1.807) is 11.3 Å². The average Bonchev–Trinajstić information content (AvgIpc) is 2.88. The van der Waals surface area contributed by atoms with Crippen LogP contribution in [0.25, 0.3) is 0 Å². The SMILES string of the molecule is COC(=O)[C@@H]1C[C@H](O)CN1Cc1ccsc1. The molecule has 0 spiro atoms. The molecule has 1 aliphatic heterocycles. The second-order valence-corrected chi connectivity index (χ2v) is 4.77. The van der Waals surface area contributed by atoms with Gasteiger partial charge in [-0.2, -0.15) is 11.3 Å². The van der Waals surface area contributed by atoms with Crippen molar-refractivity contribution in [2.75, 3.05) is 13.7 Å². The molecule has 2 atom stereocenters. The number of thiophene rings is 1. The van der Waals surface area contributed by atoms with Crippen molar-refractivity contribution in [2.45, 2.75) is 25.1 Å². The van der Waals surface area contributed by atoms with Crippen LogP contribution in [0.5, 0.6) is 0 Å². The summed E-state index contributed by atoms with van der Waals surface area (Å²) in [6.45, 7) is 1.23. The van der Waals surface area contributed by atoms with Crippen LogP contribution in [-0.4, -0.2) is 41.8 Å². The van der Waals surface area contributed by atoms with Crippen LogP contribution < -0.4 is 0 Å². The van der Waals surface area contributed by atoms with Gasteiger partial charge in [0.1, 0.15) is 6.04 Å². The fourth-order valence-corrected chi connectivity index (χ4v) is 2.71. The van der Waals surface area contributed by atoms with E-state index < -0.39 is 6.10 Å². The number of carbonyl (C=O) groups is 1. The Bertz CT molecular complexity index is 352. The lowest BCUT2D eigenvalue weighted by Crippen LogP contribution is -2.36. The van der Waals surface area contributed by atoms with Gasteiger partial charge in [-0.25, -0.2) is 0 Å². The van der Waals surface area contributed by atoms with Gasteiger partial charge in [0.25, 0.3) is 0 Å². The molecule has 0 bridgehead atoms. The number of likely N-dealkylation sites (tertiary alicyclic amines) is 1. The normalized spacial score (nSPS) is 25.9. The topological polar surface area (TPSA) is 49.8 Å². The maximum atomic E-state index is 11.5. The molecule has 1 N–H and O–H groups in total. The molecular formula is C11H15NO3S. The summed E-state index contributed by atoms with van der Waals surface area (Å²) in [5.41, 5.74) is 1.17. The number of aliphatic hydroxyl groups excluding tert-OH is 1. The molecule has 0 aromatic carbocycles. The molecule has 1 aliphatic rings. The van der Waals surface area contributed by atoms with Gasteiger partial charge in [0.2, 0.25) is 0 Å². The predicted octanol–water partition coefficient (Wildman–Crippen LogP) is 0.856. The molecule has 5 heteroatoms. The molecule has 2 heterocycles. The molecule has 1 fully saturated rings. The molecule has 16 heavy (non-hydrogen) atoms. The third kappa shape index (κ3) is 2.42. The highest BCUT2D eigenvalue weighted by atomic mass is 32.1. The molecule has 0 unspecified atom stereocenters. The summed E-state index contributed by atoms with van der Waals surface area (Å²) in [7, 11) is 1.38. The van der Waals surface area contributed by atoms with E-state index in [4.69, 9.17) is 4.74 Å². The first-order valence-corrected chi connectivity index (χ1v) is 6.16. The van der Waals surface area contributed by atoms with Crippen LogP contribution >= 0.6 is 11.3 Å². The number of methoxy groups -OCH3 is 1. The Kier molecular flexibility index (Phi) is 3.58. The number of nitrogens with zero attached hydrogens (tertiary/aromatic N) is 1. The Balaban J connectivity index is 2.04. The molecule has 2 rings (SSSR count). The quantitative estimate of drug-likeness (QED) is 0.797. The number of carbonyl (C=O) groups excluding carboxylic acids is 1. The van der Waals surface area contributed by atoms with Gasteiger partial charge < -0.3 is 9.84 Å². The van der Waals surface area contributed by atoms with Gasteiger partial charge in [-0.1, -0.05) is 0 Å². The van der Waals surface area contributed by atoms with Gasteiger partial charge in [-0.15, -0.1) is 0 Å². The highest BCUT2D eigenvalue weighted by Crippen LogP contribution is 2.22. The Morgan fingerprint density at radius 3 is 3.19 bits per heavy atom. The van der Waals surface area contributed by atoms with Crippen molar-refractivity contribution in [1.82, 2.24) is 4.90 Å². The zero-order chi connectivity index (χ0) is 11.5. The minimum atomic E-state index is -0.428. The number of aliphatic hydroxyl groups is 1. The van der Waals surface area contributed by atoms with Gasteiger partial charge >= 0.3 is 5.97 Å². The maximum absolute atomic E-state index is 11.5. The zero-order valence-electron chi connectivity index (χ0n) is 9.13. The molecule has 0 aliphatic carbocycles. The molecule has 1 saturated heterocycles. The molecule has 1 aromatic heterocycles. The summed E-state index contributed by atoms with van der Waals surface area (Å²) in [6, 6.07) is 1.73. The first-order valence-electron chi connectivity index (χ1n) is 5.21.